The Morgan fingerprint density at radius 3 is 2.32 bits per heavy atom. The molecule has 0 saturated carbocycles. The van der Waals surface area contributed by atoms with Gasteiger partial charge in [-0.05, 0) is 31.4 Å². The van der Waals surface area contributed by atoms with Crippen LogP contribution in [0.2, 0.25) is 0 Å². The summed E-state index contributed by atoms with van der Waals surface area (Å²) in [5.41, 5.74) is 2.20. The van der Waals surface area contributed by atoms with Crippen molar-refractivity contribution >= 4 is 11.9 Å². The average molecular weight is 348 g/mol. The predicted octanol–water partition coefficient (Wildman–Crippen LogP) is 1.93. The van der Waals surface area contributed by atoms with Gasteiger partial charge in [-0.25, -0.2) is 4.79 Å². The monoisotopic (exact) mass is 348 g/mol. The number of hydrogen-bond donors (Lipinski definition) is 4. The number of nitrogens with one attached hydrogen (secondary N) is 4. The predicted molar refractivity (Wildman–Crippen MR) is 101 cm³/mol. The fraction of sp³-hybridized carbons (Fsp3) is 0.579. The van der Waals surface area contributed by atoms with E-state index in [1.807, 2.05) is 52.0 Å². The van der Waals surface area contributed by atoms with Crippen LogP contribution in [0.25, 0.3) is 0 Å². The quantitative estimate of drug-likeness (QED) is 0.488. The normalized spacial score (nSPS) is 11.9. The van der Waals surface area contributed by atoms with Crippen molar-refractivity contribution in [3.05, 3.63) is 35.4 Å². The van der Waals surface area contributed by atoms with Gasteiger partial charge in [0.2, 0.25) is 5.91 Å². The van der Waals surface area contributed by atoms with Crippen molar-refractivity contribution < 1.29 is 9.59 Å². The van der Waals surface area contributed by atoms with E-state index >= 15 is 0 Å². The van der Waals surface area contributed by atoms with Gasteiger partial charge in [0.1, 0.15) is 6.04 Å². The first-order valence-electron chi connectivity index (χ1n) is 9.00. The molecule has 0 aliphatic carbocycles. The van der Waals surface area contributed by atoms with Gasteiger partial charge >= 0.3 is 6.03 Å². The Labute approximate surface area is 151 Å². The maximum atomic E-state index is 12.3. The van der Waals surface area contributed by atoms with E-state index in [0.717, 1.165) is 18.7 Å². The first-order chi connectivity index (χ1) is 11.9. The third-order valence-electron chi connectivity index (χ3n) is 3.75. The summed E-state index contributed by atoms with van der Waals surface area (Å²) in [7, 11) is 0. The molecular formula is C19H32N4O2. The van der Waals surface area contributed by atoms with Crippen molar-refractivity contribution in [2.75, 3.05) is 19.6 Å². The van der Waals surface area contributed by atoms with E-state index < -0.39 is 6.04 Å². The first kappa shape index (κ1) is 21.0. The highest BCUT2D eigenvalue weighted by atomic mass is 16.2. The van der Waals surface area contributed by atoms with Gasteiger partial charge in [-0.15, -0.1) is 0 Å². The third kappa shape index (κ3) is 9.10. The lowest BCUT2D eigenvalue weighted by Crippen LogP contribution is -2.51. The van der Waals surface area contributed by atoms with Crippen molar-refractivity contribution in [2.45, 2.75) is 46.7 Å². The van der Waals surface area contributed by atoms with E-state index in [4.69, 9.17) is 0 Å². The zero-order valence-corrected chi connectivity index (χ0v) is 15.8. The van der Waals surface area contributed by atoms with Crippen LogP contribution >= 0.6 is 0 Å². The van der Waals surface area contributed by atoms with Gasteiger partial charge in [-0.1, -0.05) is 50.6 Å². The highest BCUT2D eigenvalue weighted by Crippen LogP contribution is 2.05. The van der Waals surface area contributed by atoms with Crippen LogP contribution in [0.15, 0.2) is 24.3 Å². The molecule has 4 N–H and O–H groups in total. The van der Waals surface area contributed by atoms with E-state index in [2.05, 4.69) is 21.3 Å². The van der Waals surface area contributed by atoms with Crippen molar-refractivity contribution in [2.24, 2.45) is 5.92 Å². The van der Waals surface area contributed by atoms with Crippen LogP contribution in [0.4, 0.5) is 4.79 Å². The van der Waals surface area contributed by atoms with Crippen LogP contribution in [0.3, 0.4) is 0 Å². The fourth-order valence-electron chi connectivity index (χ4n) is 2.37. The molecule has 6 nitrogen and oxygen atoms in total. The number of urea groups is 1. The molecule has 3 amide bonds. The van der Waals surface area contributed by atoms with Crippen molar-refractivity contribution in [1.29, 1.82) is 0 Å². The van der Waals surface area contributed by atoms with Crippen molar-refractivity contribution in [3.8, 4) is 0 Å². The minimum Gasteiger partial charge on any atom is -0.353 e. The molecule has 0 radical (unpaired) electrons. The van der Waals surface area contributed by atoms with Gasteiger partial charge in [0, 0.05) is 19.6 Å². The second-order valence-electron chi connectivity index (χ2n) is 6.64. The Bertz CT molecular complexity index is 529. The molecule has 0 fully saturated rings. The molecule has 0 heterocycles. The molecule has 140 valence electrons. The molecule has 0 aliphatic heterocycles. The fourth-order valence-corrected chi connectivity index (χ4v) is 2.37. The Balaban J connectivity index is 2.47. The van der Waals surface area contributed by atoms with Crippen LogP contribution in [0.5, 0.6) is 0 Å². The molecule has 25 heavy (non-hydrogen) atoms. The summed E-state index contributed by atoms with van der Waals surface area (Å²) in [5, 5.41) is 11.6. The number of carbonyl (C=O) groups excluding carboxylic acids is 2. The molecule has 1 unspecified atom stereocenters. The van der Waals surface area contributed by atoms with Crippen LogP contribution in [0.1, 0.15) is 38.3 Å². The van der Waals surface area contributed by atoms with Gasteiger partial charge in [0.05, 0.1) is 0 Å². The second-order valence-corrected chi connectivity index (χ2v) is 6.64. The standard InChI is InChI=1S/C19H32N4O2/c1-5-20-10-11-21-18(24)17(12-14(2)3)23-19(25)22-13-16-8-6-15(4)7-9-16/h6-9,14,17,20H,5,10-13H2,1-4H3,(H,21,24)(H2,22,23,25). The smallest absolute Gasteiger partial charge is 0.315 e. The van der Waals surface area contributed by atoms with Crippen LogP contribution < -0.4 is 21.3 Å². The summed E-state index contributed by atoms with van der Waals surface area (Å²) in [6, 6.07) is 7.12. The molecule has 1 aromatic carbocycles. The topological polar surface area (TPSA) is 82.3 Å². The summed E-state index contributed by atoms with van der Waals surface area (Å²) < 4.78 is 0. The lowest BCUT2D eigenvalue weighted by Gasteiger charge is -2.20. The first-order valence-corrected chi connectivity index (χ1v) is 9.00. The van der Waals surface area contributed by atoms with Crippen LogP contribution in [0, 0.1) is 12.8 Å². The summed E-state index contributed by atoms with van der Waals surface area (Å²) in [5.74, 6) is 0.166. The highest BCUT2D eigenvalue weighted by molar-refractivity contribution is 5.87. The van der Waals surface area contributed by atoms with E-state index in [1.165, 1.54) is 5.56 Å². The third-order valence-corrected chi connectivity index (χ3v) is 3.75. The molecule has 0 bridgehead atoms. The maximum absolute atomic E-state index is 12.3. The average Bonchev–Trinajstić information content (AvgIpc) is 2.57. The number of likely N-dealkylation sites (N-methyl/N-ethyl adjacent to an activating group) is 1. The van der Waals surface area contributed by atoms with E-state index in [-0.39, 0.29) is 11.9 Å². The Kier molecular flexibility index (Phi) is 9.62. The van der Waals surface area contributed by atoms with E-state index in [1.54, 1.807) is 0 Å². The number of benzene rings is 1. The highest BCUT2D eigenvalue weighted by Gasteiger charge is 2.21. The van der Waals surface area contributed by atoms with Crippen molar-refractivity contribution in [3.63, 3.8) is 0 Å². The molecule has 0 aliphatic rings. The molecular weight excluding hydrogens is 316 g/mol. The second kappa shape index (κ2) is 11.5. The zero-order valence-electron chi connectivity index (χ0n) is 15.8. The van der Waals surface area contributed by atoms with Gasteiger partial charge in [0.25, 0.3) is 0 Å². The molecule has 0 aromatic heterocycles. The Morgan fingerprint density at radius 1 is 1.04 bits per heavy atom. The maximum Gasteiger partial charge on any atom is 0.315 e. The SMILES string of the molecule is CCNCCNC(=O)C(CC(C)C)NC(=O)NCc1ccc(C)cc1. The van der Waals surface area contributed by atoms with Crippen LogP contribution in [-0.2, 0) is 11.3 Å². The minimum atomic E-state index is -0.528. The van der Waals surface area contributed by atoms with Gasteiger partial charge in [-0.2, -0.15) is 0 Å². The molecule has 0 saturated heterocycles. The Morgan fingerprint density at radius 2 is 1.72 bits per heavy atom. The number of aryl methyl sites for hydroxylation is 1. The molecule has 1 atom stereocenters. The van der Waals surface area contributed by atoms with Crippen LogP contribution in [-0.4, -0.2) is 37.6 Å². The lowest BCUT2D eigenvalue weighted by molar-refractivity contribution is -0.123. The van der Waals surface area contributed by atoms with E-state index in [0.29, 0.717) is 25.4 Å². The van der Waals surface area contributed by atoms with E-state index in [9.17, 15) is 9.59 Å². The molecule has 0 spiro atoms. The lowest BCUT2D eigenvalue weighted by atomic mass is 10.0. The number of carbonyl (C=O) groups is 2. The Hall–Kier alpha value is -2.08. The summed E-state index contributed by atoms with van der Waals surface area (Å²) in [4.78, 5) is 24.4. The van der Waals surface area contributed by atoms with Crippen molar-refractivity contribution in [1.82, 2.24) is 21.3 Å². The summed E-state index contributed by atoms with van der Waals surface area (Å²) in [6.45, 7) is 10.7. The summed E-state index contributed by atoms with van der Waals surface area (Å²) in [6.07, 6.45) is 0.602. The number of amides is 3. The molecule has 6 heteroatoms. The number of rotatable bonds is 10. The molecule has 1 rings (SSSR count). The van der Waals surface area contributed by atoms with Gasteiger partial charge < -0.3 is 21.3 Å². The van der Waals surface area contributed by atoms with Gasteiger partial charge in [-0.3, -0.25) is 4.79 Å². The minimum absolute atomic E-state index is 0.142. The summed E-state index contributed by atoms with van der Waals surface area (Å²) >= 11 is 0. The zero-order chi connectivity index (χ0) is 18.7. The van der Waals surface area contributed by atoms with Gasteiger partial charge in [0.15, 0.2) is 0 Å². The largest absolute Gasteiger partial charge is 0.353 e. The molecule has 1 aromatic rings. The number of hydrogen-bond acceptors (Lipinski definition) is 3.